The van der Waals surface area contributed by atoms with E-state index < -0.39 is 0 Å². The van der Waals surface area contributed by atoms with Gasteiger partial charge >= 0.3 is 0 Å². The van der Waals surface area contributed by atoms with Gasteiger partial charge in [-0.2, -0.15) is 0 Å². The number of hydrogen-bond donors (Lipinski definition) is 0. The van der Waals surface area contributed by atoms with Gasteiger partial charge < -0.3 is 4.74 Å². The fourth-order valence-corrected chi connectivity index (χ4v) is 3.52. The summed E-state index contributed by atoms with van der Waals surface area (Å²) in [6.45, 7) is 3.54. The van der Waals surface area contributed by atoms with Crippen molar-refractivity contribution < 1.29 is 9.53 Å². The molecule has 0 spiro atoms. The molecule has 2 unspecified atom stereocenters. The predicted octanol–water partition coefficient (Wildman–Crippen LogP) is 4.30. The molecule has 0 N–H and O–H groups in total. The van der Waals surface area contributed by atoms with Gasteiger partial charge in [-0.3, -0.25) is 4.79 Å². The lowest BCUT2D eigenvalue weighted by Gasteiger charge is -2.46. The van der Waals surface area contributed by atoms with Crippen molar-refractivity contribution in [3.05, 3.63) is 48.0 Å². The van der Waals surface area contributed by atoms with Crippen molar-refractivity contribution >= 4 is 5.78 Å². The average molecular weight is 284 g/mol. The van der Waals surface area contributed by atoms with Crippen LogP contribution in [0.5, 0.6) is 0 Å². The zero-order valence-electron chi connectivity index (χ0n) is 12.8. The third-order valence-electron chi connectivity index (χ3n) is 5.17. The summed E-state index contributed by atoms with van der Waals surface area (Å²) < 4.78 is 5.75. The summed E-state index contributed by atoms with van der Waals surface area (Å²) in [5.74, 6) is 0.432. The molecule has 112 valence electrons. The van der Waals surface area contributed by atoms with Crippen LogP contribution in [0.4, 0.5) is 0 Å². The van der Waals surface area contributed by atoms with Gasteiger partial charge in [0.2, 0.25) is 0 Å². The molecule has 0 amide bonds. The van der Waals surface area contributed by atoms with E-state index in [0.29, 0.717) is 12.4 Å². The highest BCUT2D eigenvalue weighted by Crippen LogP contribution is 2.52. The van der Waals surface area contributed by atoms with Gasteiger partial charge in [0.25, 0.3) is 0 Å². The van der Waals surface area contributed by atoms with Gasteiger partial charge in [0.15, 0.2) is 0 Å². The summed E-state index contributed by atoms with van der Waals surface area (Å²) in [5.41, 5.74) is 1.19. The third kappa shape index (κ3) is 3.11. The molecule has 3 aliphatic rings. The van der Waals surface area contributed by atoms with Crippen LogP contribution in [0.3, 0.4) is 0 Å². The first-order valence-corrected chi connectivity index (χ1v) is 7.97. The van der Waals surface area contributed by atoms with E-state index in [-0.39, 0.29) is 10.8 Å². The number of ether oxygens (including phenoxy) is 1. The first kappa shape index (κ1) is 14.5. The summed E-state index contributed by atoms with van der Waals surface area (Å²) in [6.07, 6.45) is 9.49. The van der Waals surface area contributed by atoms with Crippen molar-refractivity contribution in [3.8, 4) is 0 Å². The zero-order chi connectivity index (χ0) is 14.8. The Morgan fingerprint density at radius 3 is 2.62 bits per heavy atom. The molecular weight excluding hydrogens is 260 g/mol. The number of carbonyl (C=O) groups excluding carboxylic acids is 1. The summed E-state index contributed by atoms with van der Waals surface area (Å²) in [5, 5.41) is 0. The lowest BCUT2D eigenvalue weighted by molar-refractivity contribution is -0.132. The Morgan fingerprint density at radius 1 is 1.14 bits per heavy atom. The van der Waals surface area contributed by atoms with Gasteiger partial charge in [-0.05, 0) is 43.6 Å². The van der Waals surface area contributed by atoms with Crippen LogP contribution in [-0.4, -0.2) is 12.4 Å². The Balaban J connectivity index is 1.44. The van der Waals surface area contributed by atoms with Crippen LogP contribution in [0.1, 0.15) is 44.6 Å². The summed E-state index contributed by atoms with van der Waals surface area (Å²) in [7, 11) is 0. The highest BCUT2D eigenvalue weighted by atomic mass is 16.5. The minimum absolute atomic E-state index is 0.130. The van der Waals surface area contributed by atoms with Crippen molar-refractivity contribution in [2.45, 2.75) is 45.6 Å². The molecule has 1 aromatic rings. The number of allylic oxidation sites excluding steroid dienone is 2. The number of rotatable bonds is 6. The Morgan fingerprint density at radius 2 is 1.95 bits per heavy atom. The van der Waals surface area contributed by atoms with E-state index in [4.69, 9.17) is 4.74 Å². The quantitative estimate of drug-likeness (QED) is 0.575. The van der Waals surface area contributed by atoms with E-state index in [0.717, 1.165) is 38.7 Å². The standard InChI is InChI=1S/C19H24O2/c1-18-9-11-19(12-10-18,14-17(18)20)8-5-13-21-15-16-6-3-2-4-7-16/h2-4,6-7,9,11H,5,8,10,12-15H2,1H3. The number of hydrogen-bond acceptors (Lipinski definition) is 2. The van der Waals surface area contributed by atoms with Gasteiger partial charge in [0, 0.05) is 18.4 Å². The van der Waals surface area contributed by atoms with Crippen molar-refractivity contribution in [2.24, 2.45) is 10.8 Å². The molecule has 0 radical (unpaired) electrons. The molecule has 2 nitrogen and oxygen atoms in total. The first-order chi connectivity index (χ1) is 10.1. The molecule has 0 aromatic heterocycles. The monoisotopic (exact) mass is 284 g/mol. The average Bonchev–Trinajstić information content (AvgIpc) is 2.50. The minimum atomic E-state index is -0.161. The van der Waals surface area contributed by atoms with E-state index in [9.17, 15) is 4.79 Å². The number of benzene rings is 1. The van der Waals surface area contributed by atoms with Gasteiger partial charge in [0.1, 0.15) is 5.78 Å². The zero-order valence-corrected chi connectivity index (χ0v) is 12.8. The molecule has 1 saturated carbocycles. The molecule has 21 heavy (non-hydrogen) atoms. The van der Waals surface area contributed by atoms with E-state index in [1.807, 2.05) is 18.2 Å². The largest absolute Gasteiger partial charge is 0.377 e. The lowest BCUT2D eigenvalue weighted by atomic mass is 9.57. The highest BCUT2D eigenvalue weighted by molar-refractivity contribution is 5.89. The molecule has 4 rings (SSSR count). The van der Waals surface area contributed by atoms with E-state index in [1.165, 1.54) is 5.56 Å². The Bertz CT molecular complexity index is 534. The molecular formula is C19H24O2. The molecule has 2 bridgehead atoms. The molecule has 2 atom stereocenters. The van der Waals surface area contributed by atoms with E-state index in [1.54, 1.807) is 0 Å². The maximum Gasteiger partial charge on any atom is 0.143 e. The van der Waals surface area contributed by atoms with Gasteiger partial charge in [-0.15, -0.1) is 0 Å². The van der Waals surface area contributed by atoms with Gasteiger partial charge in [-0.25, -0.2) is 0 Å². The van der Waals surface area contributed by atoms with Crippen molar-refractivity contribution in [1.82, 2.24) is 0 Å². The van der Waals surface area contributed by atoms with Crippen LogP contribution >= 0.6 is 0 Å². The summed E-state index contributed by atoms with van der Waals surface area (Å²) in [6, 6.07) is 10.3. The maximum atomic E-state index is 12.2. The lowest BCUT2D eigenvalue weighted by Crippen LogP contribution is -2.43. The second-order valence-corrected chi connectivity index (χ2v) is 6.85. The van der Waals surface area contributed by atoms with Crippen LogP contribution in [-0.2, 0) is 16.1 Å². The van der Waals surface area contributed by atoms with Crippen molar-refractivity contribution in [2.75, 3.05) is 6.61 Å². The van der Waals surface area contributed by atoms with E-state index >= 15 is 0 Å². The topological polar surface area (TPSA) is 26.3 Å². The van der Waals surface area contributed by atoms with Crippen LogP contribution < -0.4 is 0 Å². The second-order valence-electron chi connectivity index (χ2n) is 6.85. The third-order valence-corrected chi connectivity index (χ3v) is 5.17. The number of ketones is 1. The molecule has 3 aliphatic carbocycles. The van der Waals surface area contributed by atoms with Crippen molar-refractivity contribution in [3.63, 3.8) is 0 Å². The highest BCUT2D eigenvalue weighted by Gasteiger charge is 2.47. The Hall–Kier alpha value is -1.41. The maximum absolute atomic E-state index is 12.2. The SMILES string of the molecule is CC12C=CC(CCCOCc3ccccc3)(CC1)CC2=O. The van der Waals surface area contributed by atoms with E-state index in [2.05, 4.69) is 31.2 Å². The molecule has 0 aliphatic heterocycles. The van der Waals surface area contributed by atoms with Crippen LogP contribution in [0.25, 0.3) is 0 Å². The van der Waals surface area contributed by atoms with Crippen LogP contribution in [0, 0.1) is 10.8 Å². The fourth-order valence-electron chi connectivity index (χ4n) is 3.52. The minimum Gasteiger partial charge on any atom is -0.377 e. The molecule has 1 fully saturated rings. The predicted molar refractivity (Wildman–Crippen MR) is 83.9 cm³/mol. The fraction of sp³-hybridized carbons (Fsp3) is 0.526. The Kier molecular flexibility index (Phi) is 3.99. The number of Topliss-reactive ketones (excluding diaryl/α,β-unsaturated/α-hetero) is 1. The molecule has 2 heteroatoms. The summed E-state index contributed by atoms with van der Waals surface area (Å²) in [4.78, 5) is 12.2. The van der Waals surface area contributed by atoms with Crippen LogP contribution in [0.15, 0.2) is 42.5 Å². The van der Waals surface area contributed by atoms with Crippen LogP contribution in [0.2, 0.25) is 0 Å². The summed E-state index contributed by atoms with van der Waals surface area (Å²) >= 11 is 0. The van der Waals surface area contributed by atoms with Gasteiger partial charge in [0.05, 0.1) is 6.61 Å². The Labute approximate surface area is 127 Å². The molecule has 1 aromatic carbocycles. The molecule has 0 heterocycles. The first-order valence-electron chi connectivity index (χ1n) is 7.97. The number of fused-ring (bicyclic) bond motifs is 2. The van der Waals surface area contributed by atoms with Crippen molar-refractivity contribution in [1.29, 1.82) is 0 Å². The molecule has 0 saturated heterocycles. The second kappa shape index (κ2) is 5.76. The number of carbonyl (C=O) groups is 1. The smallest absolute Gasteiger partial charge is 0.143 e. The normalized spacial score (nSPS) is 30.8. The van der Waals surface area contributed by atoms with Gasteiger partial charge in [-0.1, -0.05) is 42.5 Å².